The van der Waals surface area contributed by atoms with Crippen molar-refractivity contribution in [1.29, 1.82) is 0 Å². The van der Waals surface area contributed by atoms with Crippen LogP contribution < -0.4 is 16.2 Å². The standard InChI is InChI=1S/C10H19N5/c1-14(2)7-8-15(3)10-6-4-5-9(12-10)13-11/h4-6H,7-8,11H2,1-3H3,(H,12,13). The highest BCUT2D eigenvalue weighted by molar-refractivity contribution is 5.45. The molecular weight excluding hydrogens is 190 g/mol. The zero-order valence-electron chi connectivity index (χ0n) is 9.57. The Hall–Kier alpha value is -1.33. The van der Waals surface area contributed by atoms with Gasteiger partial charge in [0.1, 0.15) is 11.6 Å². The molecule has 1 rings (SSSR count). The molecule has 0 radical (unpaired) electrons. The zero-order valence-corrected chi connectivity index (χ0v) is 9.57. The fourth-order valence-corrected chi connectivity index (χ4v) is 1.18. The van der Waals surface area contributed by atoms with Crippen LogP contribution in [0.15, 0.2) is 18.2 Å². The Morgan fingerprint density at radius 1 is 1.27 bits per heavy atom. The van der Waals surface area contributed by atoms with E-state index in [9.17, 15) is 0 Å². The molecule has 0 aliphatic rings. The molecule has 0 atom stereocenters. The molecule has 0 spiro atoms. The van der Waals surface area contributed by atoms with Gasteiger partial charge in [0.15, 0.2) is 0 Å². The van der Waals surface area contributed by atoms with Crippen LogP contribution in [0.25, 0.3) is 0 Å². The minimum absolute atomic E-state index is 0.684. The Kier molecular flexibility index (Phi) is 4.33. The number of hydrazine groups is 1. The fourth-order valence-electron chi connectivity index (χ4n) is 1.18. The molecule has 1 heterocycles. The number of pyridine rings is 1. The summed E-state index contributed by atoms with van der Waals surface area (Å²) < 4.78 is 0. The van der Waals surface area contributed by atoms with E-state index in [1.165, 1.54) is 0 Å². The van der Waals surface area contributed by atoms with Gasteiger partial charge in [0.2, 0.25) is 0 Å². The molecule has 0 saturated heterocycles. The summed E-state index contributed by atoms with van der Waals surface area (Å²) >= 11 is 0. The van der Waals surface area contributed by atoms with Crippen LogP contribution in [0.4, 0.5) is 11.6 Å². The molecule has 0 aliphatic carbocycles. The molecule has 0 bridgehead atoms. The summed E-state index contributed by atoms with van der Waals surface area (Å²) in [6.07, 6.45) is 0. The van der Waals surface area contributed by atoms with E-state index in [0.717, 1.165) is 18.9 Å². The average molecular weight is 209 g/mol. The fraction of sp³-hybridized carbons (Fsp3) is 0.500. The van der Waals surface area contributed by atoms with E-state index in [1.54, 1.807) is 0 Å². The van der Waals surface area contributed by atoms with E-state index >= 15 is 0 Å². The third-order valence-corrected chi connectivity index (χ3v) is 2.16. The number of nitrogens with two attached hydrogens (primary N) is 1. The number of rotatable bonds is 5. The Bertz CT molecular complexity index is 300. The van der Waals surface area contributed by atoms with Gasteiger partial charge in [0.25, 0.3) is 0 Å². The second-order valence-electron chi connectivity index (χ2n) is 3.75. The molecular formula is C10H19N5. The predicted molar refractivity (Wildman–Crippen MR) is 63.9 cm³/mol. The summed E-state index contributed by atoms with van der Waals surface area (Å²) in [5.74, 6) is 6.91. The lowest BCUT2D eigenvalue weighted by molar-refractivity contribution is 0.416. The van der Waals surface area contributed by atoms with Gasteiger partial charge < -0.3 is 15.2 Å². The quantitative estimate of drug-likeness (QED) is 0.542. The van der Waals surface area contributed by atoms with Crippen molar-refractivity contribution in [3.63, 3.8) is 0 Å². The number of nitrogen functional groups attached to an aromatic ring is 1. The maximum absolute atomic E-state index is 5.30. The molecule has 0 aliphatic heterocycles. The summed E-state index contributed by atoms with van der Waals surface area (Å²) in [6.45, 7) is 1.94. The van der Waals surface area contributed by atoms with Crippen LogP contribution in [-0.4, -0.2) is 44.1 Å². The first kappa shape index (κ1) is 11.7. The first-order chi connectivity index (χ1) is 7.13. The van der Waals surface area contributed by atoms with Crippen LogP contribution in [0.3, 0.4) is 0 Å². The van der Waals surface area contributed by atoms with Crippen LogP contribution in [0, 0.1) is 0 Å². The Labute approximate surface area is 90.9 Å². The van der Waals surface area contributed by atoms with E-state index < -0.39 is 0 Å². The third-order valence-electron chi connectivity index (χ3n) is 2.16. The summed E-state index contributed by atoms with van der Waals surface area (Å²) in [4.78, 5) is 8.58. The maximum Gasteiger partial charge on any atom is 0.142 e. The minimum Gasteiger partial charge on any atom is -0.358 e. The van der Waals surface area contributed by atoms with Gasteiger partial charge in [-0.25, -0.2) is 10.8 Å². The Morgan fingerprint density at radius 2 is 2.00 bits per heavy atom. The van der Waals surface area contributed by atoms with Gasteiger partial charge >= 0.3 is 0 Å². The molecule has 84 valence electrons. The maximum atomic E-state index is 5.30. The number of nitrogens with zero attached hydrogens (tertiary/aromatic N) is 3. The molecule has 1 aromatic heterocycles. The van der Waals surface area contributed by atoms with Gasteiger partial charge in [-0.05, 0) is 26.2 Å². The van der Waals surface area contributed by atoms with Gasteiger partial charge in [-0.1, -0.05) is 6.07 Å². The van der Waals surface area contributed by atoms with Crippen molar-refractivity contribution in [2.45, 2.75) is 0 Å². The molecule has 0 aromatic carbocycles. The summed E-state index contributed by atoms with van der Waals surface area (Å²) in [7, 11) is 6.13. The van der Waals surface area contributed by atoms with Gasteiger partial charge in [0.05, 0.1) is 0 Å². The monoisotopic (exact) mass is 209 g/mol. The van der Waals surface area contributed by atoms with Gasteiger partial charge in [-0.15, -0.1) is 0 Å². The number of aromatic nitrogens is 1. The van der Waals surface area contributed by atoms with E-state index in [4.69, 9.17) is 5.84 Å². The van der Waals surface area contributed by atoms with E-state index in [1.807, 2.05) is 25.2 Å². The second kappa shape index (κ2) is 5.53. The van der Waals surface area contributed by atoms with Crippen molar-refractivity contribution < 1.29 is 0 Å². The lowest BCUT2D eigenvalue weighted by Crippen LogP contribution is -2.29. The number of anilines is 2. The molecule has 5 heteroatoms. The first-order valence-electron chi connectivity index (χ1n) is 4.93. The van der Waals surface area contributed by atoms with Crippen LogP contribution in [0.2, 0.25) is 0 Å². The Morgan fingerprint density at radius 3 is 2.60 bits per heavy atom. The minimum atomic E-state index is 0.684. The normalized spacial score (nSPS) is 10.5. The highest BCUT2D eigenvalue weighted by Crippen LogP contribution is 2.11. The van der Waals surface area contributed by atoms with Crippen LogP contribution in [-0.2, 0) is 0 Å². The summed E-state index contributed by atoms with van der Waals surface area (Å²) in [6, 6.07) is 5.74. The SMILES string of the molecule is CN(C)CCN(C)c1cccc(NN)n1. The number of nitrogens with one attached hydrogen (secondary N) is 1. The van der Waals surface area contributed by atoms with Crippen molar-refractivity contribution in [1.82, 2.24) is 9.88 Å². The van der Waals surface area contributed by atoms with E-state index in [0.29, 0.717) is 5.82 Å². The third kappa shape index (κ3) is 3.73. The summed E-state index contributed by atoms with van der Waals surface area (Å²) in [5.41, 5.74) is 2.54. The molecule has 1 aromatic rings. The van der Waals surface area contributed by atoms with Crippen molar-refractivity contribution in [3.05, 3.63) is 18.2 Å². The lowest BCUT2D eigenvalue weighted by Gasteiger charge is -2.20. The topological polar surface area (TPSA) is 57.4 Å². The van der Waals surface area contributed by atoms with Crippen LogP contribution in [0.1, 0.15) is 0 Å². The Balaban J connectivity index is 2.60. The van der Waals surface area contributed by atoms with Crippen molar-refractivity contribution in [2.24, 2.45) is 5.84 Å². The number of hydrogen-bond donors (Lipinski definition) is 2. The van der Waals surface area contributed by atoms with Crippen molar-refractivity contribution in [2.75, 3.05) is 44.6 Å². The number of hydrogen-bond acceptors (Lipinski definition) is 5. The number of likely N-dealkylation sites (N-methyl/N-ethyl adjacent to an activating group) is 2. The smallest absolute Gasteiger partial charge is 0.142 e. The first-order valence-corrected chi connectivity index (χ1v) is 4.93. The molecule has 0 unspecified atom stereocenters. The average Bonchev–Trinajstić information content (AvgIpc) is 2.26. The molecule has 0 amide bonds. The van der Waals surface area contributed by atoms with Gasteiger partial charge in [-0.3, -0.25) is 0 Å². The zero-order chi connectivity index (χ0) is 11.3. The molecule has 5 nitrogen and oxygen atoms in total. The van der Waals surface area contributed by atoms with Crippen molar-refractivity contribution >= 4 is 11.6 Å². The molecule has 15 heavy (non-hydrogen) atoms. The molecule has 3 N–H and O–H groups in total. The second-order valence-corrected chi connectivity index (χ2v) is 3.75. The highest BCUT2D eigenvalue weighted by Gasteiger charge is 2.03. The van der Waals surface area contributed by atoms with Crippen LogP contribution in [0.5, 0.6) is 0 Å². The van der Waals surface area contributed by atoms with Gasteiger partial charge in [-0.2, -0.15) is 0 Å². The summed E-state index contributed by atoms with van der Waals surface area (Å²) in [5, 5.41) is 0. The van der Waals surface area contributed by atoms with Gasteiger partial charge in [0, 0.05) is 20.1 Å². The predicted octanol–water partition coefficient (Wildman–Crippen LogP) is 0.365. The lowest BCUT2D eigenvalue weighted by atomic mass is 10.4. The van der Waals surface area contributed by atoms with E-state index in [-0.39, 0.29) is 0 Å². The molecule has 0 fully saturated rings. The largest absolute Gasteiger partial charge is 0.358 e. The van der Waals surface area contributed by atoms with Crippen molar-refractivity contribution in [3.8, 4) is 0 Å². The molecule has 0 saturated carbocycles. The van der Waals surface area contributed by atoms with E-state index in [2.05, 4.69) is 34.3 Å². The van der Waals surface area contributed by atoms with Crippen LogP contribution >= 0.6 is 0 Å². The highest BCUT2D eigenvalue weighted by atomic mass is 15.3.